The summed E-state index contributed by atoms with van der Waals surface area (Å²) in [5.41, 5.74) is 2.25. The van der Waals surface area contributed by atoms with E-state index in [0.717, 1.165) is 36.1 Å². The van der Waals surface area contributed by atoms with Crippen molar-refractivity contribution in [3.63, 3.8) is 0 Å². The van der Waals surface area contributed by atoms with E-state index in [2.05, 4.69) is 0 Å². The molecule has 1 saturated heterocycles. The first-order valence-electron chi connectivity index (χ1n) is 13.4. The fourth-order valence-electron chi connectivity index (χ4n) is 4.60. The molecule has 0 bridgehead atoms. The van der Waals surface area contributed by atoms with Gasteiger partial charge in [0.15, 0.2) is 23.8 Å². The zero-order chi connectivity index (χ0) is 29.9. The number of unbranched alkanes of at least 4 members (excludes halogenated alkanes) is 1. The minimum atomic E-state index is -1.78. The molecule has 2 aromatic carbocycles. The lowest BCUT2D eigenvalue weighted by molar-refractivity contribution is -0.166. The molecule has 0 radical (unpaired) electrons. The number of benzene rings is 2. The number of rotatable bonds is 14. The van der Waals surface area contributed by atoms with Gasteiger partial charge in [0.25, 0.3) is 5.91 Å². The molecule has 1 aliphatic rings. The Morgan fingerprint density at radius 2 is 1.80 bits per heavy atom. The molecule has 1 fully saturated rings. The summed E-state index contributed by atoms with van der Waals surface area (Å²) < 4.78 is 15.8. The van der Waals surface area contributed by atoms with Gasteiger partial charge in [-0.3, -0.25) is 19.2 Å². The van der Waals surface area contributed by atoms with E-state index in [9.17, 15) is 24.0 Å². The van der Waals surface area contributed by atoms with Crippen LogP contribution in [-0.4, -0.2) is 78.1 Å². The first kappa shape index (κ1) is 31.4. The molecule has 1 N–H and O–H groups in total. The van der Waals surface area contributed by atoms with Crippen molar-refractivity contribution in [3.05, 3.63) is 77.4 Å². The Kier molecular flexibility index (Phi) is 11.5. The largest absolute Gasteiger partial charge is 0.451 e. The molecule has 3 rings (SSSR count). The number of hydrogen-bond acceptors (Lipinski definition) is 9. The lowest BCUT2D eigenvalue weighted by atomic mass is 9.94. The zero-order valence-electron chi connectivity index (χ0n) is 23.4. The van der Waals surface area contributed by atoms with Crippen LogP contribution < -0.4 is 0 Å². The summed E-state index contributed by atoms with van der Waals surface area (Å²) in [4.78, 5) is 66.0. The van der Waals surface area contributed by atoms with Crippen LogP contribution in [0.2, 0.25) is 0 Å². The number of methoxy groups -OCH3 is 1. The molecule has 218 valence electrons. The van der Waals surface area contributed by atoms with Gasteiger partial charge in [0, 0.05) is 32.6 Å². The second-order valence-corrected chi connectivity index (χ2v) is 9.75. The Hall–Kier alpha value is -4.15. The Morgan fingerprint density at radius 1 is 1.07 bits per heavy atom. The number of imide groups is 1. The summed E-state index contributed by atoms with van der Waals surface area (Å²) in [7, 11) is 1.16. The van der Waals surface area contributed by atoms with Gasteiger partial charge in [-0.1, -0.05) is 60.2 Å². The highest BCUT2D eigenvalue weighted by molar-refractivity contribution is 6.25. The first-order valence-corrected chi connectivity index (χ1v) is 13.4. The van der Waals surface area contributed by atoms with Crippen molar-refractivity contribution in [2.75, 3.05) is 20.3 Å². The van der Waals surface area contributed by atoms with Gasteiger partial charge >= 0.3 is 12.1 Å². The minimum Gasteiger partial charge on any atom is -0.451 e. The second-order valence-electron chi connectivity index (χ2n) is 9.75. The van der Waals surface area contributed by atoms with Gasteiger partial charge in [0.1, 0.15) is 6.61 Å². The van der Waals surface area contributed by atoms with Gasteiger partial charge in [0.2, 0.25) is 0 Å². The number of amides is 2. The number of aliphatic hydroxyl groups excluding tert-OH is 1. The molecule has 0 aliphatic carbocycles. The van der Waals surface area contributed by atoms with Crippen LogP contribution in [0.25, 0.3) is 5.57 Å². The van der Waals surface area contributed by atoms with Crippen molar-refractivity contribution in [2.24, 2.45) is 0 Å². The van der Waals surface area contributed by atoms with Gasteiger partial charge < -0.3 is 19.3 Å². The fourth-order valence-corrected chi connectivity index (χ4v) is 4.60. The Morgan fingerprint density at radius 3 is 2.44 bits per heavy atom. The molecule has 0 aromatic heterocycles. The molecule has 0 saturated carbocycles. The fraction of sp³-hybridized carbons (Fsp3) is 0.387. The second kappa shape index (κ2) is 15.0. The van der Waals surface area contributed by atoms with Gasteiger partial charge in [0.05, 0.1) is 6.04 Å². The van der Waals surface area contributed by atoms with E-state index in [1.54, 1.807) is 18.2 Å². The minimum absolute atomic E-state index is 0.0537. The maximum Gasteiger partial charge on any atom is 0.417 e. The van der Waals surface area contributed by atoms with Gasteiger partial charge in [-0.25, -0.2) is 9.69 Å². The van der Waals surface area contributed by atoms with E-state index in [1.807, 2.05) is 43.3 Å². The third-order valence-electron chi connectivity index (χ3n) is 6.59. The van der Waals surface area contributed by atoms with Crippen molar-refractivity contribution in [2.45, 2.75) is 57.8 Å². The molecular weight excluding hydrogens is 530 g/mol. The number of nitrogens with zero attached hydrogens (tertiary/aromatic N) is 1. The van der Waals surface area contributed by atoms with Crippen molar-refractivity contribution in [1.29, 1.82) is 0 Å². The highest BCUT2D eigenvalue weighted by atomic mass is 16.6. The molecule has 1 aliphatic heterocycles. The average molecular weight is 566 g/mol. The Labute approximate surface area is 238 Å². The molecule has 10 heteroatoms. The SMILES string of the molecule is CO[C@H](C(=O)N1C(=O)OC[C@@H]1Cc1ccccc1)[C@H](OC(C)=O)C(=O)C=C(C(=O)CCCCO)c1cccc(C)c1. The van der Waals surface area contributed by atoms with Crippen LogP contribution in [0.5, 0.6) is 0 Å². The monoisotopic (exact) mass is 565 g/mol. The van der Waals surface area contributed by atoms with E-state index in [-0.39, 0.29) is 31.0 Å². The number of esters is 1. The van der Waals surface area contributed by atoms with Crippen molar-refractivity contribution in [1.82, 2.24) is 4.90 Å². The van der Waals surface area contributed by atoms with Crippen LogP contribution in [-0.2, 0) is 39.8 Å². The number of ketones is 2. The average Bonchev–Trinajstić information content (AvgIpc) is 3.31. The van der Waals surface area contributed by atoms with Crippen LogP contribution >= 0.6 is 0 Å². The molecule has 10 nitrogen and oxygen atoms in total. The number of carbonyl (C=O) groups excluding carboxylic acids is 5. The number of allylic oxidation sites excluding steroid dienone is 1. The summed E-state index contributed by atoms with van der Waals surface area (Å²) in [5, 5.41) is 9.11. The third kappa shape index (κ3) is 8.42. The number of cyclic esters (lactones) is 1. The highest BCUT2D eigenvalue weighted by Gasteiger charge is 2.46. The molecule has 41 heavy (non-hydrogen) atoms. The lowest BCUT2D eigenvalue weighted by Crippen LogP contribution is -2.53. The number of Topliss-reactive ketones (excluding diaryl/α,β-unsaturated/α-hetero) is 1. The van der Waals surface area contributed by atoms with E-state index in [4.69, 9.17) is 19.3 Å². The zero-order valence-corrected chi connectivity index (χ0v) is 23.4. The van der Waals surface area contributed by atoms with Crippen molar-refractivity contribution >= 4 is 35.1 Å². The number of carbonyl (C=O) groups is 5. The maximum atomic E-state index is 13.7. The smallest absolute Gasteiger partial charge is 0.417 e. The summed E-state index contributed by atoms with van der Waals surface area (Å²) in [5.74, 6) is -2.98. The quantitative estimate of drug-likeness (QED) is 0.208. The van der Waals surface area contributed by atoms with E-state index in [0.29, 0.717) is 24.8 Å². The summed E-state index contributed by atoms with van der Waals surface area (Å²) in [6.07, 6.45) is -2.13. The topological polar surface area (TPSA) is 137 Å². The van der Waals surface area contributed by atoms with Gasteiger partial charge in [-0.15, -0.1) is 0 Å². The third-order valence-corrected chi connectivity index (χ3v) is 6.59. The Balaban J connectivity index is 1.96. The van der Waals surface area contributed by atoms with Crippen LogP contribution in [0.1, 0.15) is 42.9 Å². The van der Waals surface area contributed by atoms with Gasteiger partial charge in [-0.05, 0) is 43.4 Å². The maximum absolute atomic E-state index is 13.7. The Bertz CT molecular complexity index is 1290. The molecule has 2 aromatic rings. The lowest BCUT2D eigenvalue weighted by Gasteiger charge is -2.28. The molecular formula is C31H35NO9. The van der Waals surface area contributed by atoms with E-state index >= 15 is 0 Å². The highest BCUT2D eigenvalue weighted by Crippen LogP contribution is 2.24. The molecule has 0 spiro atoms. The predicted octanol–water partition coefficient (Wildman–Crippen LogP) is 3.22. The number of ether oxygens (including phenoxy) is 3. The normalized spacial score (nSPS) is 16.6. The van der Waals surface area contributed by atoms with E-state index < -0.39 is 42.0 Å². The standard InChI is InChI=1S/C31H35NO9/c1-20-10-9-13-23(16-20)25(26(35)14-7-8-15-33)18-27(36)28(41-21(2)34)29(39-3)30(37)32-24(19-40-31(32)38)17-22-11-5-4-6-12-22/h4-6,9-13,16,18,24,28-29,33H,7-8,14-15,17,19H2,1-3H3/t24-,28+,29-/m0/s1. The molecule has 2 amide bonds. The number of aryl methyl sites for hydroxylation is 1. The first-order chi connectivity index (χ1) is 19.7. The van der Waals surface area contributed by atoms with Crippen LogP contribution in [0.3, 0.4) is 0 Å². The van der Waals surface area contributed by atoms with Crippen molar-refractivity contribution < 1.29 is 43.3 Å². The predicted molar refractivity (Wildman–Crippen MR) is 149 cm³/mol. The molecule has 3 atom stereocenters. The summed E-state index contributed by atoms with van der Waals surface area (Å²) >= 11 is 0. The van der Waals surface area contributed by atoms with Crippen LogP contribution in [0, 0.1) is 6.92 Å². The van der Waals surface area contributed by atoms with E-state index in [1.165, 1.54) is 0 Å². The van der Waals surface area contributed by atoms with Crippen LogP contribution in [0.4, 0.5) is 4.79 Å². The number of hydrogen-bond donors (Lipinski definition) is 1. The summed E-state index contributed by atoms with van der Waals surface area (Å²) in [6, 6.07) is 15.5. The molecule has 0 unspecified atom stereocenters. The molecule has 1 heterocycles. The number of aliphatic hydroxyl groups is 1. The van der Waals surface area contributed by atoms with Crippen LogP contribution in [0.15, 0.2) is 60.7 Å². The summed E-state index contributed by atoms with van der Waals surface area (Å²) in [6.45, 7) is 2.78. The van der Waals surface area contributed by atoms with Gasteiger partial charge in [-0.2, -0.15) is 0 Å². The van der Waals surface area contributed by atoms with Crippen molar-refractivity contribution in [3.8, 4) is 0 Å².